The minimum Gasteiger partial charge on any atom is -0.476 e. The van der Waals surface area contributed by atoms with Crippen molar-refractivity contribution in [3.8, 4) is 0 Å². The molecule has 19 heavy (non-hydrogen) atoms. The third kappa shape index (κ3) is 1.98. The van der Waals surface area contributed by atoms with Gasteiger partial charge in [0.15, 0.2) is 10.7 Å². The number of nitrogens with zero attached hydrogens (tertiary/aromatic N) is 5. The van der Waals surface area contributed by atoms with Gasteiger partial charge in [-0.2, -0.15) is 0 Å². The van der Waals surface area contributed by atoms with Crippen LogP contribution in [0.15, 0.2) is 17.8 Å². The van der Waals surface area contributed by atoms with Crippen LogP contribution >= 0.6 is 11.3 Å². The van der Waals surface area contributed by atoms with Gasteiger partial charge in [0.1, 0.15) is 0 Å². The summed E-state index contributed by atoms with van der Waals surface area (Å²) in [5.41, 5.74) is 6.62. The molecule has 0 spiro atoms. The van der Waals surface area contributed by atoms with Crippen molar-refractivity contribution in [2.24, 2.45) is 5.73 Å². The van der Waals surface area contributed by atoms with E-state index >= 15 is 0 Å². The molecule has 0 atom stereocenters. The molecule has 0 bridgehead atoms. The lowest BCUT2D eigenvalue weighted by Gasteiger charge is -2.02. The summed E-state index contributed by atoms with van der Waals surface area (Å²) >= 11 is 1.53. The first-order valence-electron chi connectivity index (χ1n) is 5.46. The molecule has 3 rings (SSSR count). The molecular formula is C10H10N6O2S. The van der Waals surface area contributed by atoms with Crippen LogP contribution in [0.1, 0.15) is 21.9 Å². The molecule has 0 aromatic carbocycles. The van der Waals surface area contributed by atoms with Gasteiger partial charge in [0.2, 0.25) is 0 Å². The van der Waals surface area contributed by atoms with E-state index in [0.29, 0.717) is 12.2 Å². The second-order valence-electron chi connectivity index (χ2n) is 3.88. The van der Waals surface area contributed by atoms with Crippen molar-refractivity contribution in [2.45, 2.75) is 13.1 Å². The lowest BCUT2D eigenvalue weighted by atomic mass is 10.3. The number of carboxylic acids is 1. The van der Waals surface area contributed by atoms with Crippen molar-refractivity contribution in [3.05, 3.63) is 34.9 Å². The monoisotopic (exact) mass is 278 g/mol. The first-order valence-corrected chi connectivity index (χ1v) is 6.34. The lowest BCUT2D eigenvalue weighted by molar-refractivity contribution is 0.0689. The Kier molecular flexibility index (Phi) is 2.76. The van der Waals surface area contributed by atoms with Crippen molar-refractivity contribution < 1.29 is 9.90 Å². The van der Waals surface area contributed by atoms with Crippen molar-refractivity contribution in [1.82, 2.24) is 24.4 Å². The van der Waals surface area contributed by atoms with Crippen molar-refractivity contribution in [3.63, 3.8) is 0 Å². The molecule has 0 aliphatic heterocycles. The molecule has 0 aliphatic rings. The summed E-state index contributed by atoms with van der Waals surface area (Å²) in [4.78, 5) is 16.2. The van der Waals surface area contributed by atoms with Gasteiger partial charge in [-0.05, 0) is 0 Å². The molecule has 0 saturated carbocycles. The summed E-state index contributed by atoms with van der Waals surface area (Å²) in [6.07, 6.45) is 3.78. The van der Waals surface area contributed by atoms with Crippen LogP contribution in [0.2, 0.25) is 0 Å². The first kappa shape index (κ1) is 11.8. The van der Waals surface area contributed by atoms with Gasteiger partial charge in [0.05, 0.1) is 17.9 Å². The van der Waals surface area contributed by atoms with Gasteiger partial charge in [-0.25, -0.2) is 14.5 Å². The molecule has 0 amide bonds. The minimum absolute atomic E-state index is 0.0663. The maximum atomic E-state index is 11.0. The largest absolute Gasteiger partial charge is 0.476 e. The molecule has 3 heterocycles. The van der Waals surface area contributed by atoms with Crippen molar-refractivity contribution >= 4 is 22.3 Å². The normalized spacial score (nSPS) is 11.2. The number of hydrogen-bond donors (Lipinski definition) is 2. The van der Waals surface area contributed by atoms with Crippen LogP contribution in [-0.2, 0) is 13.1 Å². The second kappa shape index (κ2) is 4.44. The zero-order chi connectivity index (χ0) is 13.4. The Hall–Kier alpha value is -2.26. The number of thiazole rings is 1. The van der Waals surface area contributed by atoms with Crippen LogP contribution in [0, 0.1) is 0 Å². The average Bonchev–Trinajstić information content (AvgIpc) is 3.02. The van der Waals surface area contributed by atoms with E-state index in [0.717, 1.165) is 10.7 Å². The fourth-order valence-corrected chi connectivity index (χ4v) is 2.55. The molecule has 3 aromatic rings. The Morgan fingerprint density at radius 1 is 1.53 bits per heavy atom. The summed E-state index contributed by atoms with van der Waals surface area (Å²) in [6, 6.07) is 0. The van der Waals surface area contributed by atoms with Crippen LogP contribution in [-0.4, -0.2) is 35.5 Å². The zero-order valence-corrected chi connectivity index (χ0v) is 10.5. The second-order valence-corrected chi connectivity index (χ2v) is 4.75. The average molecular weight is 278 g/mol. The van der Waals surface area contributed by atoms with E-state index in [1.165, 1.54) is 16.0 Å². The fourth-order valence-electron chi connectivity index (χ4n) is 1.83. The summed E-state index contributed by atoms with van der Waals surface area (Å²) in [7, 11) is 0. The van der Waals surface area contributed by atoms with Gasteiger partial charge in [0.25, 0.3) is 0 Å². The van der Waals surface area contributed by atoms with E-state index in [1.54, 1.807) is 0 Å². The van der Waals surface area contributed by atoms with Crippen LogP contribution in [0.5, 0.6) is 0 Å². The quantitative estimate of drug-likeness (QED) is 0.704. The van der Waals surface area contributed by atoms with Crippen molar-refractivity contribution in [1.29, 1.82) is 0 Å². The minimum atomic E-state index is -1.13. The summed E-state index contributed by atoms with van der Waals surface area (Å²) in [5.74, 6) is -1.13. The Bertz CT molecular complexity index is 714. The molecular weight excluding hydrogens is 268 g/mol. The topological polar surface area (TPSA) is 111 Å². The van der Waals surface area contributed by atoms with Gasteiger partial charge in [-0.1, -0.05) is 5.21 Å². The van der Waals surface area contributed by atoms with E-state index < -0.39 is 5.97 Å². The fraction of sp³-hybridized carbons (Fsp3) is 0.200. The molecule has 0 saturated heterocycles. The highest BCUT2D eigenvalue weighted by Gasteiger charge is 2.18. The molecule has 3 N–H and O–H groups in total. The third-order valence-corrected chi connectivity index (χ3v) is 3.46. The highest BCUT2D eigenvalue weighted by Crippen LogP contribution is 2.13. The van der Waals surface area contributed by atoms with Gasteiger partial charge >= 0.3 is 5.97 Å². The number of rotatable bonds is 4. The predicted octanol–water partition coefficient (Wildman–Crippen LogP) is 0.193. The highest BCUT2D eigenvalue weighted by atomic mass is 32.1. The number of hydrogen-bond acceptors (Lipinski definition) is 6. The molecule has 8 nitrogen and oxygen atoms in total. The van der Waals surface area contributed by atoms with Crippen LogP contribution in [0.4, 0.5) is 0 Å². The molecule has 0 unspecified atom stereocenters. The van der Waals surface area contributed by atoms with Gasteiger partial charge in [0, 0.05) is 24.3 Å². The number of aromatic carboxylic acids is 1. The maximum absolute atomic E-state index is 11.0. The van der Waals surface area contributed by atoms with Crippen LogP contribution in [0.3, 0.4) is 0 Å². The van der Waals surface area contributed by atoms with Crippen molar-refractivity contribution in [2.75, 3.05) is 0 Å². The number of carboxylic acid groups (broad SMARTS) is 1. The zero-order valence-electron chi connectivity index (χ0n) is 9.72. The predicted molar refractivity (Wildman–Crippen MR) is 67.0 cm³/mol. The maximum Gasteiger partial charge on any atom is 0.358 e. The Morgan fingerprint density at radius 2 is 2.37 bits per heavy atom. The smallest absolute Gasteiger partial charge is 0.358 e. The highest BCUT2D eigenvalue weighted by molar-refractivity contribution is 7.15. The Morgan fingerprint density at radius 3 is 3.05 bits per heavy atom. The van der Waals surface area contributed by atoms with E-state index in [2.05, 4.69) is 15.3 Å². The molecule has 98 valence electrons. The summed E-state index contributed by atoms with van der Waals surface area (Å²) < 4.78 is 3.37. The van der Waals surface area contributed by atoms with Crippen LogP contribution < -0.4 is 5.73 Å². The number of carbonyl (C=O) groups is 1. The Labute approximate surface area is 111 Å². The number of aromatic nitrogens is 5. The lowest BCUT2D eigenvalue weighted by Crippen LogP contribution is -2.13. The van der Waals surface area contributed by atoms with E-state index in [1.807, 2.05) is 22.2 Å². The van der Waals surface area contributed by atoms with Gasteiger partial charge in [-0.3, -0.25) is 4.40 Å². The molecule has 9 heteroatoms. The van der Waals surface area contributed by atoms with Crippen LogP contribution in [0.25, 0.3) is 4.96 Å². The van der Waals surface area contributed by atoms with E-state index in [4.69, 9.17) is 10.8 Å². The Balaban J connectivity index is 1.94. The number of imidazole rings is 1. The molecule has 0 fully saturated rings. The van der Waals surface area contributed by atoms with E-state index in [9.17, 15) is 4.79 Å². The molecule has 3 aromatic heterocycles. The SMILES string of the molecule is NCc1c(C(=O)O)nnn1Cc1cn2ccsc2n1. The van der Waals surface area contributed by atoms with Gasteiger partial charge in [-0.15, -0.1) is 16.4 Å². The van der Waals surface area contributed by atoms with E-state index in [-0.39, 0.29) is 12.2 Å². The molecule has 0 radical (unpaired) electrons. The standard InChI is InChI=1S/C10H10N6O2S/c11-3-7-8(9(17)18)13-14-16(7)5-6-4-15-1-2-19-10(15)12-6/h1-2,4H,3,5,11H2,(H,17,18). The van der Waals surface area contributed by atoms with Gasteiger partial charge < -0.3 is 10.8 Å². The first-order chi connectivity index (χ1) is 9.19. The molecule has 0 aliphatic carbocycles. The number of nitrogens with two attached hydrogens (primary N) is 1. The summed E-state index contributed by atoms with van der Waals surface area (Å²) in [5, 5.41) is 18.4. The third-order valence-electron chi connectivity index (χ3n) is 2.69. The number of fused-ring (bicyclic) bond motifs is 1. The summed E-state index contributed by atoms with van der Waals surface area (Å²) in [6.45, 7) is 0.415.